The van der Waals surface area contributed by atoms with E-state index in [1.54, 1.807) is 12.1 Å². The van der Waals surface area contributed by atoms with Crippen molar-refractivity contribution in [3.63, 3.8) is 0 Å². The van der Waals surface area contributed by atoms with E-state index in [1.807, 2.05) is 31.3 Å². The van der Waals surface area contributed by atoms with Gasteiger partial charge in [-0.2, -0.15) is 0 Å². The number of hydrogen-bond donors (Lipinski definition) is 1. The van der Waals surface area contributed by atoms with Gasteiger partial charge < -0.3 is 5.32 Å². The van der Waals surface area contributed by atoms with Gasteiger partial charge in [-0.25, -0.2) is 0 Å². The van der Waals surface area contributed by atoms with Gasteiger partial charge in [-0.05, 0) is 35.9 Å². The number of non-ortho nitro benzene ring substituents is 1. The number of benzene rings is 2. The topological polar surface area (TPSA) is 55.2 Å². The average molecular weight is 277 g/mol. The number of nitro groups is 1. The molecule has 5 heteroatoms. The molecule has 0 bridgehead atoms. The summed E-state index contributed by atoms with van der Waals surface area (Å²) in [5.74, 6) is 0. The lowest BCUT2D eigenvalue weighted by Gasteiger charge is -2.10. The molecule has 0 heterocycles. The Hall–Kier alpha value is -1.91. The van der Waals surface area contributed by atoms with Crippen LogP contribution in [0.3, 0.4) is 0 Å². The molecule has 0 atom stereocenters. The summed E-state index contributed by atoms with van der Waals surface area (Å²) in [6.45, 7) is 0.676. The lowest BCUT2D eigenvalue weighted by molar-refractivity contribution is -0.384. The average Bonchev–Trinajstić information content (AvgIpc) is 2.41. The monoisotopic (exact) mass is 276 g/mol. The van der Waals surface area contributed by atoms with Crippen LogP contribution in [0.1, 0.15) is 5.56 Å². The van der Waals surface area contributed by atoms with Crippen molar-refractivity contribution in [2.75, 3.05) is 7.05 Å². The number of hydrogen-bond acceptors (Lipinski definition) is 3. The summed E-state index contributed by atoms with van der Waals surface area (Å²) < 4.78 is 0. The highest BCUT2D eigenvalue weighted by atomic mass is 35.5. The molecule has 2 aromatic carbocycles. The molecular formula is C14H13ClN2O2. The third-order valence-corrected chi connectivity index (χ3v) is 3.04. The van der Waals surface area contributed by atoms with E-state index in [0.29, 0.717) is 11.6 Å². The lowest BCUT2D eigenvalue weighted by Crippen LogP contribution is -2.06. The van der Waals surface area contributed by atoms with Crippen molar-refractivity contribution in [3.8, 4) is 11.1 Å². The van der Waals surface area contributed by atoms with Gasteiger partial charge in [-0.15, -0.1) is 0 Å². The van der Waals surface area contributed by atoms with Gasteiger partial charge in [0, 0.05) is 23.7 Å². The SMILES string of the molecule is CNCc1ccc(Cl)cc1-c1cccc([N+](=O)[O-])c1. The summed E-state index contributed by atoms with van der Waals surface area (Å²) in [7, 11) is 1.85. The van der Waals surface area contributed by atoms with E-state index in [-0.39, 0.29) is 5.69 Å². The van der Waals surface area contributed by atoms with Crippen molar-refractivity contribution in [1.29, 1.82) is 0 Å². The maximum absolute atomic E-state index is 10.8. The zero-order valence-corrected chi connectivity index (χ0v) is 11.1. The predicted molar refractivity (Wildman–Crippen MR) is 76.3 cm³/mol. The van der Waals surface area contributed by atoms with Crippen molar-refractivity contribution >= 4 is 17.3 Å². The Morgan fingerprint density at radius 2 is 2.05 bits per heavy atom. The minimum absolute atomic E-state index is 0.0767. The van der Waals surface area contributed by atoms with Crippen molar-refractivity contribution in [2.24, 2.45) is 0 Å². The van der Waals surface area contributed by atoms with Gasteiger partial charge in [0.05, 0.1) is 4.92 Å². The summed E-state index contributed by atoms with van der Waals surface area (Å²) in [6, 6.07) is 12.1. The molecular weight excluding hydrogens is 264 g/mol. The molecule has 0 saturated heterocycles. The molecule has 0 saturated carbocycles. The Morgan fingerprint density at radius 3 is 2.74 bits per heavy atom. The number of rotatable bonds is 4. The van der Waals surface area contributed by atoms with E-state index in [1.165, 1.54) is 6.07 Å². The molecule has 0 aliphatic rings. The predicted octanol–water partition coefficient (Wildman–Crippen LogP) is 3.63. The van der Waals surface area contributed by atoms with Gasteiger partial charge in [0.2, 0.25) is 0 Å². The molecule has 2 rings (SSSR count). The molecule has 19 heavy (non-hydrogen) atoms. The van der Waals surface area contributed by atoms with Crippen LogP contribution in [0.25, 0.3) is 11.1 Å². The lowest BCUT2D eigenvalue weighted by atomic mass is 9.99. The van der Waals surface area contributed by atoms with Gasteiger partial charge >= 0.3 is 0 Å². The largest absolute Gasteiger partial charge is 0.316 e. The second-order valence-electron chi connectivity index (χ2n) is 4.14. The molecule has 0 fully saturated rings. The van der Waals surface area contributed by atoms with E-state index in [2.05, 4.69) is 5.32 Å². The normalized spacial score (nSPS) is 10.4. The minimum Gasteiger partial charge on any atom is -0.316 e. The smallest absolute Gasteiger partial charge is 0.270 e. The molecule has 0 aromatic heterocycles. The highest BCUT2D eigenvalue weighted by Crippen LogP contribution is 2.29. The van der Waals surface area contributed by atoms with Crippen molar-refractivity contribution in [3.05, 3.63) is 63.2 Å². The van der Waals surface area contributed by atoms with Gasteiger partial charge in [-0.3, -0.25) is 10.1 Å². The Kier molecular flexibility index (Phi) is 4.14. The summed E-state index contributed by atoms with van der Waals surface area (Å²) >= 11 is 6.01. The van der Waals surface area contributed by atoms with E-state index in [0.717, 1.165) is 16.7 Å². The maximum Gasteiger partial charge on any atom is 0.270 e. The van der Waals surface area contributed by atoms with Gasteiger partial charge in [-0.1, -0.05) is 29.8 Å². The Labute approximate surface area is 116 Å². The zero-order valence-electron chi connectivity index (χ0n) is 10.4. The molecule has 0 spiro atoms. The molecule has 0 unspecified atom stereocenters. The summed E-state index contributed by atoms with van der Waals surface area (Å²) in [6.07, 6.45) is 0. The standard InChI is InChI=1S/C14H13ClN2O2/c1-16-9-11-5-6-12(15)8-14(11)10-3-2-4-13(7-10)17(18)19/h2-8,16H,9H2,1H3. The Bertz CT molecular complexity index is 614. The van der Waals surface area contributed by atoms with Gasteiger partial charge in [0.25, 0.3) is 5.69 Å². The third-order valence-electron chi connectivity index (χ3n) is 2.81. The quantitative estimate of drug-likeness (QED) is 0.685. The van der Waals surface area contributed by atoms with Crippen LogP contribution < -0.4 is 5.32 Å². The first kappa shape index (κ1) is 13.5. The second kappa shape index (κ2) is 5.82. The second-order valence-corrected chi connectivity index (χ2v) is 4.58. The molecule has 0 aliphatic carbocycles. The maximum atomic E-state index is 10.8. The Morgan fingerprint density at radius 1 is 1.26 bits per heavy atom. The van der Waals surface area contributed by atoms with Crippen LogP contribution in [-0.4, -0.2) is 12.0 Å². The van der Waals surface area contributed by atoms with Gasteiger partial charge in [0.1, 0.15) is 0 Å². The first-order chi connectivity index (χ1) is 9.11. The molecule has 0 aliphatic heterocycles. The van der Waals surface area contributed by atoms with Crippen molar-refractivity contribution in [1.82, 2.24) is 5.32 Å². The van der Waals surface area contributed by atoms with E-state index in [4.69, 9.17) is 11.6 Å². The van der Waals surface area contributed by atoms with Gasteiger partial charge in [0.15, 0.2) is 0 Å². The van der Waals surface area contributed by atoms with Crippen molar-refractivity contribution < 1.29 is 4.92 Å². The van der Waals surface area contributed by atoms with Crippen LogP contribution in [0.4, 0.5) is 5.69 Å². The number of halogens is 1. The summed E-state index contributed by atoms with van der Waals surface area (Å²) in [4.78, 5) is 10.4. The summed E-state index contributed by atoms with van der Waals surface area (Å²) in [5.41, 5.74) is 2.83. The first-order valence-corrected chi connectivity index (χ1v) is 6.17. The number of nitro benzene ring substituents is 1. The van der Waals surface area contributed by atoms with Crippen LogP contribution in [0.5, 0.6) is 0 Å². The van der Waals surface area contributed by atoms with E-state index < -0.39 is 4.92 Å². The van der Waals surface area contributed by atoms with E-state index in [9.17, 15) is 10.1 Å². The molecule has 2 aromatic rings. The minimum atomic E-state index is -0.397. The highest BCUT2D eigenvalue weighted by Gasteiger charge is 2.10. The number of nitrogens with one attached hydrogen (secondary N) is 1. The molecule has 0 amide bonds. The fraction of sp³-hybridized carbons (Fsp3) is 0.143. The highest BCUT2D eigenvalue weighted by molar-refractivity contribution is 6.30. The molecule has 4 nitrogen and oxygen atoms in total. The molecule has 0 radical (unpaired) electrons. The van der Waals surface area contributed by atoms with E-state index >= 15 is 0 Å². The fourth-order valence-corrected chi connectivity index (χ4v) is 2.12. The molecule has 98 valence electrons. The van der Waals surface area contributed by atoms with Crippen LogP contribution >= 0.6 is 11.6 Å². The molecule has 1 N–H and O–H groups in total. The fourth-order valence-electron chi connectivity index (χ4n) is 1.95. The summed E-state index contributed by atoms with van der Waals surface area (Å²) in [5, 5.41) is 14.5. The van der Waals surface area contributed by atoms with Crippen LogP contribution in [0.2, 0.25) is 5.02 Å². The zero-order chi connectivity index (χ0) is 13.8. The van der Waals surface area contributed by atoms with Crippen LogP contribution in [-0.2, 0) is 6.54 Å². The van der Waals surface area contributed by atoms with Crippen LogP contribution in [0.15, 0.2) is 42.5 Å². The Balaban J connectivity index is 2.53. The number of nitrogens with zero attached hydrogens (tertiary/aromatic N) is 1. The van der Waals surface area contributed by atoms with Crippen LogP contribution in [0, 0.1) is 10.1 Å². The first-order valence-electron chi connectivity index (χ1n) is 5.79. The third kappa shape index (κ3) is 3.10. The van der Waals surface area contributed by atoms with Crippen molar-refractivity contribution in [2.45, 2.75) is 6.54 Å².